The minimum atomic E-state index is -0.608. The first-order valence-corrected chi connectivity index (χ1v) is 4.15. The Kier molecular flexibility index (Phi) is 2.87. The average Bonchev–Trinajstić information content (AvgIpc) is 2.46. The van der Waals surface area contributed by atoms with Crippen LogP contribution in [0.3, 0.4) is 0 Å². The largest absolute Gasteiger partial charge is 0.447 e. The van der Waals surface area contributed by atoms with Gasteiger partial charge in [0.25, 0.3) is 0 Å². The van der Waals surface area contributed by atoms with Gasteiger partial charge in [0.15, 0.2) is 0 Å². The summed E-state index contributed by atoms with van der Waals surface area (Å²) in [5.74, 6) is 0.563. The summed E-state index contributed by atoms with van der Waals surface area (Å²) in [7, 11) is 1.60. The maximum Gasteiger partial charge on any atom is 0.415 e. The van der Waals surface area contributed by atoms with E-state index < -0.39 is 12.2 Å². The monoisotopic (exact) mass is 186 g/mol. The lowest BCUT2D eigenvalue weighted by Crippen LogP contribution is -2.43. The fourth-order valence-electron chi connectivity index (χ4n) is 1.27. The SMILES string of the molecule is CN=C(C)N1C(=O)OCC1C(C)O. The molecular formula is C8H14N2O3. The number of aliphatic hydroxyl groups excluding tert-OH is 1. The van der Waals surface area contributed by atoms with E-state index in [1.54, 1.807) is 20.9 Å². The van der Waals surface area contributed by atoms with Crippen molar-refractivity contribution in [3.63, 3.8) is 0 Å². The molecule has 13 heavy (non-hydrogen) atoms. The molecule has 1 N–H and O–H groups in total. The molecule has 1 rings (SSSR count). The van der Waals surface area contributed by atoms with E-state index >= 15 is 0 Å². The van der Waals surface area contributed by atoms with Crippen LogP contribution in [0.15, 0.2) is 4.99 Å². The molecule has 0 saturated carbocycles. The molecule has 0 radical (unpaired) electrons. The van der Waals surface area contributed by atoms with Gasteiger partial charge in [-0.3, -0.25) is 9.89 Å². The van der Waals surface area contributed by atoms with Gasteiger partial charge in [0.05, 0.1) is 6.10 Å². The van der Waals surface area contributed by atoms with Crippen LogP contribution in [0, 0.1) is 0 Å². The number of cyclic esters (lactones) is 1. The zero-order valence-electron chi connectivity index (χ0n) is 8.02. The molecule has 5 heteroatoms. The molecule has 0 aliphatic carbocycles. The van der Waals surface area contributed by atoms with Gasteiger partial charge in [-0.1, -0.05) is 0 Å². The van der Waals surface area contributed by atoms with E-state index in [0.29, 0.717) is 5.84 Å². The van der Waals surface area contributed by atoms with Crippen LogP contribution in [-0.4, -0.2) is 47.7 Å². The molecule has 1 aliphatic rings. The Balaban J connectivity index is 2.83. The van der Waals surface area contributed by atoms with Gasteiger partial charge < -0.3 is 9.84 Å². The number of aliphatic imine (C=N–C) groups is 1. The van der Waals surface area contributed by atoms with E-state index in [2.05, 4.69) is 4.99 Å². The summed E-state index contributed by atoms with van der Waals surface area (Å²) >= 11 is 0. The Labute approximate surface area is 77.0 Å². The Morgan fingerprint density at radius 3 is 2.92 bits per heavy atom. The summed E-state index contributed by atoms with van der Waals surface area (Å²) in [6.07, 6.45) is -1.04. The first kappa shape index (κ1) is 9.98. The summed E-state index contributed by atoms with van der Waals surface area (Å²) in [6.45, 7) is 3.56. The Hall–Kier alpha value is -1.10. The second-order valence-corrected chi connectivity index (χ2v) is 3.03. The molecule has 1 aliphatic heterocycles. The van der Waals surface area contributed by atoms with Gasteiger partial charge >= 0.3 is 6.09 Å². The molecular weight excluding hydrogens is 172 g/mol. The smallest absolute Gasteiger partial charge is 0.415 e. The van der Waals surface area contributed by atoms with Gasteiger partial charge in [0, 0.05) is 7.05 Å². The minimum Gasteiger partial charge on any atom is -0.447 e. The number of hydrogen-bond donors (Lipinski definition) is 1. The van der Waals surface area contributed by atoms with Crippen LogP contribution < -0.4 is 0 Å². The number of carbonyl (C=O) groups is 1. The van der Waals surface area contributed by atoms with E-state index in [9.17, 15) is 9.90 Å². The van der Waals surface area contributed by atoms with E-state index in [1.807, 2.05) is 0 Å². The lowest BCUT2D eigenvalue weighted by molar-refractivity contribution is 0.122. The highest BCUT2D eigenvalue weighted by Crippen LogP contribution is 2.16. The zero-order chi connectivity index (χ0) is 10.0. The molecule has 5 nitrogen and oxygen atoms in total. The maximum absolute atomic E-state index is 11.2. The lowest BCUT2D eigenvalue weighted by Gasteiger charge is -2.22. The van der Waals surface area contributed by atoms with Gasteiger partial charge in [-0.15, -0.1) is 0 Å². The molecule has 0 aromatic carbocycles. The van der Waals surface area contributed by atoms with Crippen LogP contribution in [0.4, 0.5) is 4.79 Å². The molecule has 2 atom stereocenters. The topological polar surface area (TPSA) is 62.1 Å². The predicted molar refractivity (Wildman–Crippen MR) is 47.7 cm³/mol. The summed E-state index contributed by atoms with van der Waals surface area (Å²) < 4.78 is 4.81. The Bertz CT molecular complexity index is 238. The number of ether oxygens (including phenoxy) is 1. The Morgan fingerprint density at radius 1 is 1.85 bits per heavy atom. The minimum absolute atomic E-state index is 0.226. The molecule has 1 amide bonds. The summed E-state index contributed by atoms with van der Waals surface area (Å²) in [4.78, 5) is 16.5. The van der Waals surface area contributed by atoms with Crippen LogP contribution in [0.25, 0.3) is 0 Å². The van der Waals surface area contributed by atoms with Crippen molar-refractivity contribution in [1.82, 2.24) is 4.90 Å². The average molecular weight is 186 g/mol. The lowest BCUT2D eigenvalue weighted by atomic mass is 10.2. The highest BCUT2D eigenvalue weighted by Gasteiger charge is 2.37. The third-order valence-corrected chi connectivity index (χ3v) is 2.14. The summed E-state index contributed by atoms with van der Waals surface area (Å²) in [5, 5.41) is 9.36. The molecule has 1 fully saturated rings. The third-order valence-electron chi connectivity index (χ3n) is 2.14. The summed E-state index contributed by atoms with van der Waals surface area (Å²) in [6, 6.07) is -0.309. The molecule has 0 bridgehead atoms. The highest BCUT2D eigenvalue weighted by atomic mass is 16.6. The normalized spacial score (nSPS) is 26.2. The van der Waals surface area contributed by atoms with Gasteiger partial charge in [-0.05, 0) is 13.8 Å². The molecule has 2 unspecified atom stereocenters. The molecule has 1 saturated heterocycles. The number of amides is 1. The number of nitrogens with zero attached hydrogens (tertiary/aromatic N) is 2. The molecule has 0 aromatic heterocycles. The quantitative estimate of drug-likeness (QED) is 0.471. The molecule has 0 aromatic rings. The van der Waals surface area contributed by atoms with Crippen molar-refractivity contribution in [3.8, 4) is 0 Å². The van der Waals surface area contributed by atoms with Gasteiger partial charge in [-0.25, -0.2) is 4.79 Å². The molecule has 1 heterocycles. The van der Waals surface area contributed by atoms with E-state index in [-0.39, 0.29) is 12.6 Å². The van der Waals surface area contributed by atoms with Crippen LogP contribution in [-0.2, 0) is 4.74 Å². The number of amidine groups is 1. The fourth-order valence-corrected chi connectivity index (χ4v) is 1.27. The number of aliphatic hydroxyl groups is 1. The van der Waals surface area contributed by atoms with Crippen molar-refractivity contribution in [2.45, 2.75) is 26.0 Å². The zero-order valence-corrected chi connectivity index (χ0v) is 8.02. The van der Waals surface area contributed by atoms with Crippen LogP contribution >= 0.6 is 0 Å². The van der Waals surface area contributed by atoms with Gasteiger partial charge in [0.1, 0.15) is 18.5 Å². The maximum atomic E-state index is 11.2. The van der Waals surface area contributed by atoms with Crippen molar-refractivity contribution < 1.29 is 14.6 Å². The Morgan fingerprint density at radius 2 is 2.46 bits per heavy atom. The van der Waals surface area contributed by atoms with Crippen molar-refractivity contribution in [2.24, 2.45) is 4.99 Å². The van der Waals surface area contributed by atoms with E-state index in [1.165, 1.54) is 4.90 Å². The number of rotatable bonds is 1. The number of carbonyl (C=O) groups excluding carboxylic acids is 1. The van der Waals surface area contributed by atoms with E-state index in [0.717, 1.165) is 0 Å². The first-order valence-electron chi connectivity index (χ1n) is 4.15. The van der Waals surface area contributed by atoms with Crippen molar-refractivity contribution in [2.75, 3.05) is 13.7 Å². The standard InChI is InChI=1S/C8H14N2O3/c1-5(11)7-4-13-8(12)10(7)6(2)9-3/h5,7,11H,4H2,1-3H3. The second kappa shape index (κ2) is 3.74. The van der Waals surface area contributed by atoms with Crippen LogP contribution in [0.1, 0.15) is 13.8 Å². The third kappa shape index (κ3) is 1.80. The predicted octanol–water partition coefficient (Wildman–Crippen LogP) is 0.236. The first-order chi connectivity index (χ1) is 6.07. The van der Waals surface area contributed by atoms with Crippen LogP contribution in [0.5, 0.6) is 0 Å². The van der Waals surface area contributed by atoms with Gasteiger partial charge in [0.2, 0.25) is 0 Å². The van der Waals surface area contributed by atoms with Crippen molar-refractivity contribution >= 4 is 11.9 Å². The molecule has 74 valence electrons. The van der Waals surface area contributed by atoms with Crippen molar-refractivity contribution in [3.05, 3.63) is 0 Å². The van der Waals surface area contributed by atoms with Gasteiger partial charge in [-0.2, -0.15) is 0 Å². The van der Waals surface area contributed by atoms with E-state index in [4.69, 9.17) is 4.74 Å². The molecule has 0 spiro atoms. The van der Waals surface area contributed by atoms with Crippen LogP contribution in [0.2, 0.25) is 0 Å². The van der Waals surface area contributed by atoms with Crippen molar-refractivity contribution in [1.29, 1.82) is 0 Å². The fraction of sp³-hybridized carbons (Fsp3) is 0.750. The highest BCUT2D eigenvalue weighted by molar-refractivity contribution is 5.95. The second-order valence-electron chi connectivity index (χ2n) is 3.03. The number of hydrogen-bond acceptors (Lipinski definition) is 4. The summed E-state index contributed by atoms with van der Waals surface area (Å²) in [5.41, 5.74) is 0.